The molecule has 0 aliphatic heterocycles. The fourth-order valence-corrected chi connectivity index (χ4v) is 12.1. The van der Waals surface area contributed by atoms with Crippen LogP contribution < -0.4 is 10.1 Å². The average molecular weight is 764 g/mol. The van der Waals surface area contributed by atoms with E-state index in [0.717, 1.165) is 49.8 Å². The highest BCUT2D eigenvalue weighted by molar-refractivity contribution is 7.89. The number of aryl methyl sites for hydroxylation is 1. The summed E-state index contributed by atoms with van der Waals surface area (Å²) in [5, 5.41) is 17.5. The van der Waals surface area contributed by atoms with Gasteiger partial charge in [0.1, 0.15) is 0 Å². The maximum absolute atomic E-state index is 13.2. The van der Waals surface area contributed by atoms with Gasteiger partial charge < -0.3 is 19.3 Å². The lowest BCUT2D eigenvalue weighted by molar-refractivity contribution is -0.0866. The molecule has 1 aromatic carbocycles. The number of amides is 1. The highest BCUT2D eigenvalue weighted by Crippen LogP contribution is 2.62. The first-order valence-electron chi connectivity index (χ1n) is 19.2. The van der Waals surface area contributed by atoms with Crippen molar-refractivity contribution in [3.63, 3.8) is 0 Å². The number of benzene rings is 1. The third-order valence-electron chi connectivity index (χ3n) is 14.4. The summed E-state index contributed by atoms with van der Waals surface area (Å²) in [5.74, 6) is 0.797. The summed E-state index contributed by atoms with van der Waals surface area (Å²) in [7, 11) is -7.84. The van der Waals surface area contributed by atoms with Gasteiger partial charge in [-0.25, -0.2) is 9.63 Å². The zero-order valence-corrected chi connectivity index (χ0v) is 36.7. The fourth-order valence-electron chi connectivity index (χ4n) is 8.81. The second kappa shape index (κ2) is 14.8. The first-order valence-corrected chi connectivity index (χ1v) is 26.5. The summed E-state index contributed by atoms with van der Waals surface area (Å²) in [6.45, 7) is 30.8. The second-order valence-electron chi connectivity index (χ2n) is 19.6. The molecule has 9 nitrogen and oxygen atoms in total. The van der Waals surface area contributed by atoms with E-state index in [4.69, 9.17) is 8.85 Å². The van der Waals surface area contributed by atoms with E-state index in [1.54, 1.807) is 24.3 Å². The molecule has 3 fully saturated rings. The van der Waals surface area contributed by atoms with Crippen LogP contribution in [0.2, 0.25) is 36.3 Å². The number of nitrogens with one attached hydrogen (secondary N) is 2. The number of hydrogen-bond acceptors (Lipinski definition) is 6. The topological polar surface area (TPSA) is 126 Å². The molecule has 4 rings (SSSR count). The molecule has 1 aromatic rings. The standard InChI is InChI=1S/C39H69N3O6SSi2/c1-27-14-16-30(17-15-27)49(45,46)42-41-34-19-18-32-31(25-40-35(43)44)33(21-23-39(32,34)9)38(8)22-20-29(48-51(12,13)37(5,6)7)24-28(38)26-47-50(10,11)36(2,3)4/h14-17,28-29,31-33,40,42H,18-26H2,1-13H3,(H,43,44)/b41-34+/t28-,29+,31+,32+,33+,38+,39+/m1/s1. The van der Waals surface area contributed by atoms with Crippen molar-refractivity contribution in [2.75, 3.05) is 13.2 Å². The molecule has 3 N–H and O–H groups in total. The highest BCUT2D eigenvalue weighted by Gasteiger charge is 2.58. The lowest BCUT2D eigenvalue weighted by Crippen LogP contribution is -2.56. The Morgan fingerprint density at radius 3 is 2.12 bits per heavy atom. The number of hydrazone groups is 1. The molecular weight excluding hydrogens is 695 g/mol. The minimum absolute atomic E-state index is 0.0746. The predicted molar refractivity (Wildman–Crippen MR) is 213 cm³/mol. The zero-order valence-electron chi connectivity index (χ0n) is 33.9. The molecule has 0 unspecified atom stereocenters. The molecule has 3 aliphatic carbocycles. The van der Waals surface area contributed by atoms with Gasteiger partial charge in [-0.2, -0.15) is 13.5 Å². The minimum atomic E-state index is -3.81. The van der Waals surface area contributed by atoms with Crippen LogP contribution in [0.15, 0.2) is 34.3 Å². The van der Waals surface area contributed by atoms with Crippen molar-refractivity contribution < 1.29 is 27.2 Å². The normalized spacial score (nSPS) is 31.7. The van der Waals surface area contributed by atoms with Crippen molar-refractivity contribution in [2.24, 2.45) is 39.6 Å². The van der Waals surface area contributed by atoms with Crippen molar-refractivity contribution in [3.8, 4) is 0 Å². The van der Waals surface area contributed by atoms with Crippen LogP contribution in [0.1, 0.15) is 106 Å². The molecule has 0 bridgehead atoms. The van der Waals surface area contributed by atoms with Crippen molar-refractivity contribution in [1.82, 2.24) is 10.1 Å². The molecule has 1 amide bonds. The van der Waals surface area contributed by atoms with E-state index in [0.29, 0.717) is 19.6 Å². The van der Waals surface area contributed by atoms with Crippen LogP contribution in [0.3, 0.4) is 0 Å². The Morgan fingerprint density at radius 2 is 1.55 bits per heavy atom. The minimum Gasteiger partial charge on any atom is -0.465 e. The molecule has 7 atom stereocenters. The molecule has 51 heavy (non-hydrogen) atoms. The van der Waals surface area contributed by atoms with Crippen LogP contribution in [0, 0.1) is 41.4 Å². The monoisotopic (exact) mass is 763 g/mol. The van der Waals surface area contributed by atoms with E-state index in [1.807, 2.05) is 6.92 Å². The summed E-state index contributed by atoms with van der Waals surface area (Å²) in [6, 6.07) is 6.78. The SMILES string of the molecule is Cc1ccc(S(=O)(=O)N/N=C2\CC[C@H]3[C@H](CNC(=O)O)[C@@H]([C@@]4(C)CC[C@H](O[Si](C)(C)C(C)(C)C)C[C@@H]4CO[Si](C)(C)C(C)(C)C)CC[C@]23C)cc1. The maximum Gasteiger partial charge on any atom is 0.404 e. The van der Waals surface area contributed by atoms with Crippen LogP contribution in [0.5, 0.6) is 0 Å². The van der Waals surface area contributed by atoms with Gasteiger partial charge in [0.15, 0.2) is 16.6 Å². The Hall–Kier alpha value is -1.74. The number of nitrogens with zero attached hydrogens (tertiary/aromatic N) is 1. The van der Waals surface area contributed by atoms with Gasteiger partial charge >= 0.3 is 6.09 Å². The quantitative estimate of drug-likeness (QED) is 0.152. The number of sulfonamides is 1. The van der Waals surface area contributed by atoms with Crippen LogP contribution in [0.25, 0.3) is 0 Å². The predicted octanol–water partition coefficient (Wildman–Crippen LogP) is 9.56. The van der Waals surface area contributed by atoms with Gasteiger partial charge in [-0.3, -0.25) is 0 Å². The Bertz CT molecular complexity index is 1530. The van der Waals surface area contributed by atoms with Crippen molar-refractivity contribution in [3.05, 3.63) is 29.8 Å². The first kappa shape index (κ1) is 42.0. The summed E-state index contributed by atoms with van der Waals surface area (Å²) in [6.07, 6.45) is 5.46. The lowest BCUT2D eigenvalue weighted by Gasteiger charge is -2.57. The number of carboxylic acid groups (broad SMARTS) is 1. The van der Waals surface area contributed by atoms with Crippen LogP contribution in [0.4, 0.5) is 4.79 Å². The Labute approximate surface area is 311 Å². The molecular formula is C39H69N3O6SSi2. The molecule has 12 heteroatoms. The Balaban J connectivity index is 1.66. The largest absolute Gasteiger partial charge is 0.465 e. The molecule has 0 saturated heterocycles. The Kier molecular flexibility index (Phi) is 12.2. The van der Waals surface area contributed by atoms with E-state index in [-0.39, 0.29) is 55.6 Å². The molecule has 0 heterocycles. The van der Waals surface area contributed by atoms with E-state index >= 15 is 0 Å². The van der Waals surface area contributed by atoms with Gasteiger partial charge in [0.05, 0.1) is 4.90 Å². The molecule has 3 aliphatic rings. The summed E-state index contributed by atoms with van der Waals surface area (Å²) < 4.78 is 40.5. The first-order chi connectivity index (χ1) is 23.2. The van der Waals surface area contributed by atoms with Crippen LogP contribution in [-0.4, -0.2) is 61.2 Å². The zero-order chi connectivity index (χ0) is 38.4. The van der Waals surface area contributed by atoms with Crippen molar-refractivity contribution in [1.29, 1.82) is 0 Å². The average Bonchev–Trinajstić information content (AvgIpc) is 3.34. The smallest absolute Gasteiger partial charge is 0.404 e. The fraction of sp³-hybridized carbons (Fsp3) is 0.795. The highest BCUT2D eigenvalue weighted by atomic mass is 32.2. The van der Waals surface area contributed by atoms with Crippen LogP contribution in [-0.2, 0) is 18.9 Å². The van der Waals surface area contributed by atoms with E-state index in [9.17, 15) is 18.3 Å². The van der Waals surface area contributed by atoms with Gasteiger partial charge in [-0.15, -0.1) is 0 Å². The third-order valence-corrected chi connectivity index (χ3v) is 24.6. The molecule has 3 saturated carbocycles. The molecule has 0 aromatic heterocycles. The lowest BCUT2D eigenvalue weighted by atomic mass is 9.49. The van der Waals surface area contributed by atoms with Crippen molar-refractivity contribution in [2.45, 2.75) is 155 Å². The maximum atomic E-state index is 13.2. The van der Waals surface area contributed by atoms with Gasteiger partial charge in [-0.1, -0.05) is 73.1 Å². The van der Waals surface area contributed by atoms with Gasteiger partial charge in [0.2, 0.25) is 0 Å². The van der Waals surface area contributed by atoms with Gasteiger partial charge in [0, 0.05) is 30.4 Å². The summed E-state index contributed by atoms with van der Waals surface area (Å²) in [5.41, 5.74) is 1.46. The second-order valence-corrected chi connectivity index (χ2v) is 30.8. The van der Waals surface area contributed by atoms with Gasteiger partial charge in [-0.05, 0) is 129 Å². The Morgan fingerprint density at radius 1 is 0.941 bits per heavy atom. The third kappa shape index (κ3) is 8.98. The van der Waals surface area contributed by atoms with Crippen molar-refractivity contribution >= 4 is 38.5 Å². The number of carbonyl (C=O) groups is 1. The van der Waals surface area contributed by atoms with E-state index in [2.05, 4.69) is 96.8 Å². The number of hydrogen-bond donors (Lipinski definition) is 3. The molecule has 0 radical (unpaired) electrons. The number of rotatable bonds is 11. The van der Waals surface area contributed by atoms with Crippen LogP contribution >= 0.6 is 0 Å². The van der Waals surface area contributed by atoms with E-state index in [1.165, 1.54) is 0 Å². The summed E-state index contributed by atoms with van der Waals surface area (Å²) in [4.78, 5) is 14.7. The van der Waals surface area contributed by atoms with E-state index < -0.39 is 32.8 Å². The molecule has 0 spiro atoms. The number of fused-ring (bicyclic) bond motifs is 1. The van der Waals surface area contributed by atoms with Gasteiger partial charge in [0.25, 0.3) is 10.0 Å². The summed E-state index contributed by atoms with van der Waals surface area (Å²) >= 11 is 0. The molecule has 290 valence electrons.